The van der Waals surface area contributed by atoms with Gasteiger partial charge in [0.25, 0.3) is 0 Å². The molecule has 1 amide bonds. The maximum Gasteiger partial charge on any atom is 1.00 e. The average Bonchev–Trinajstić information content (AvgIpc) is 2.34. The fraction of sp³-hybridized carbons (Fsp3) is 0.462. The third-order valence-corrected chi connectivity index (χ3v) is 2.90. The smallest absolute Gasteiger partial charge is 0.685 e. The van der Waals surface area contributed by atoms with Crippen molar-refractivity contribution >= 4 is 17.3 Å². The average molecular weight is 387 g/mol. The van der Waals surface area contributed by atoms with Gasteiger partial charge >= 0.3 is 116 Å². The number of fused-ring (bicyclic) bond motifs is 1. The minimum absolute atomic E-state index is 0. The van der Waals surface area contributed by atoms with Crippen LogP contribution in [0.5, 0.6) is 0 Å². The second-order valence-electron chi connectivity index (χ2n) is 5.20. The zero-order valence-electron chi connectivity index (χ0n) is 11.9. The molecule has 0 saturated carbocycles. The van der Waals surface area contributed by atoms with Gasteiger partial charge in [0.1, 0.15) is 0 Å². The molecule has 18 heavy (non-hydrogen) atoms. The molecule has 1 unspecified atom stereocenters. The van der Waals surface area contributed by atoms with Crippen LogP contribution < -0.4 is 116 Å². The number of rotatable bonds is 0. The Morgan fingerprint density at radius 1 is 1.11 bits per heavy atom. The molecule has 2 rings (SSSR count). The van der Waals surface area contributed by atoms with Crippen LogP contribution in [0, 0.1) is 11.3 Å². The number of carbonyl (C=O) groups excluding carboxylic acids is 1. The number of amides is 1. The summed E-state index contributed by atoms with van der Waals surface area (Å²) < 4.78 is 0. The van der Waals surface area contributed by atoms with Crippen LogP contribution in [0.2, 0.25) is 0 Å². The van der Waals surface area contributed by atoms with E-state index in [1.165, 1.54) is 0 Å². The second-order valence-corrected chi connectivity index (χ2v) is 5.20. The van der Waals surface area contributed by atoms with Gasteiger partial charge in [0.05, 0.1) is 5.91 Å². The van der Waals surface area contributed by atoms with Crippen LogP contribution in [-0.4, -0.2) is 12.5 Å². The maximum absolute atomic E-state index is 12.0. The Bertz CT molecular complexity index is 416. The van der Waals surface area contributed by atoms with E-state index in [4.69, 9.17) is 0 Å². The number of hydrogen-bond donors (Lipinski definition) is 0. The van der Waals surface area contributed by atoms with Gasteiger partial charge in [-0.1, -0.05) is 45.0 Å². The quantitative estimate of drug-likeness (QED) is 0.504. The molecule has 1 heterocycles. The van der Waals surface area contributed by atoms with E-state index < -0.39 is 0 Å². The largest absolute Gasteiger partial charge is 1.00 e. The van der Waals surface area contributed by atoms with Gasteiger partial charge in [-0.25, -0.2) is 0 Å². The van der Waals surface area contributed by atoms with E-state index >= 15 is 0 Å². The minimum atomic E-state index is -0.125. The van der Waals surface area contributed by atoms with Crippen molar-refractivity contribution in [3.8, 4) is 0 Å². The van der Waals surface area contributed by atoms with E-state index in [1.807, 2.05) is 24.3 Å². The van der Waals surface area contributed by atoms with Crippen LogP contribution in [-0.2, 0) is 4.79 Å². The first-order valence-electron chi connectivity index (χ1n) is 5.50. The summed E-state index contributed by atoms with van der Waals surface area (Å²) in [7, 11) is 0. The minimum Gasteiger partial charge on any atom is -0.685 e. The zero-order chi connectivity index (χ0) is 11.8. The van der Waals surface area contributed by atoms with Gasteiger partial charge in [-0.15, -0.1) is 12.2 Å². The third-order valence-electron chi connectivity index (χ3n) is 2.90. The molecule has 0 aromatic heterocycles. The van der Waals surface area contributed by atoms with E-state index in [1.54, 1.807) is 0 Å². The van der Waals surface area contributed by atoms with E-state index in [2.05, 4.69) is 31.4 Å². The van der Waals surface area contributed by atoms with Crippen LogP contribution in [0.4, 0.5) is 11.4 Å². The number of benzene rings is 1. The molecule has 1 aromatic rings. The molecule has 1 aliphatic rings. The van der Waals surface area contributed by atoms with Crippen molar-refractivity contribution in [1.29, 1.82) is 0 Å². The molecule has 86 valence electrons. The van der Waals surface area contributed by atoms with E-state index in [-0.39, 0.29) is 134 Å². The first-order chi connectivity index (χ1) is 7.48. The van der Waals surface area contributed by atoms with Crippen molar-refractivity contribution in [2.75, 3.05) is 6.54 Å². The molecule has 0 fully saturated rings. The number of hydrogen-bond acceptors (Lipinski definition) is 1. The SMILES string of the molecule is CC(C)(C)C1C[N-]c2ccccc2[N-]C1=O.[Rb+].[Rb+]. The Morgan fingerprint density at radius 3 is 2.22 bits per heavy atom. The monoisotopic (exact) mass is 386 g/mol. The van der Waals surface area contributed by atoms with Crippen molar-refractivity contribution in [3.05, 3.63) is 34.9 Å². The molecule has 1 aliphatic heterocycles. The summed E-state index contributed by atoms with van der Waals surface area (Å²) >= 11 is 0. The van der Waals surface area contributed by atoms with Crippen molar-refractivity contribution in [1.82, 2.24) is 0 Å². The van der Waals surface area contributed by atoms with Crippen LogP contribution in [0.25, 0.3) is 10.6 Å². The third kappa shape index (κ3) is 5.14. The second kappa shape index (κ2) is 8.52. The Kier molecular flexibility index (Phi) is 9.51. The molecule has 0 saturated heterocycles. The standard InChI is InChI=1S/C13H17N2O.2Rb/c1-13(2,3)9-8-14-10-6-4-5-7-11(10)15-12(9)16;;/h4-7,9H,8H2,1-3H3,(H,15,16);;/q-1;2*+1/p-1. The molecule has 0 spiro atoms. The van der Waals surface area contributed by atoms with Gasteiger partial charge < -0.3 is 15.4 Å². The Labute approximate surface area is 207 Å². The molecule has 5 heteroatoms. The van der Waals surface area contributed by atoms with Crippen molar-refractivity contribution < 1.29 is 121 Å². The van der Waals surface area contributed by atoms with Crippen molar-refractivity contribution in [3.63, 3.8) is 0 Å². The zero-order valence-corrected chi connectivity index (χ0v) is 21.7. The summed E-state index contributed by atoms with van der Waals surface area (Å²) in [4.78, 5) is 12.0. The van der Waals surface area contributed by atoms with E-state index in [0.717, 1.165) is 5.69 Å². The fourth-order valence-electron chi connectivity index (χ4n) is 1.80. The molecule has 0 bridgehead atoms. The molecule has 0 radical (unpaired) electrons. The molecule has 0 aliphatic carbocycles. The number of nitrogens with zero attached hydrogens (tertiary/aromatic N) is 2. The van der Waals surface area contributed by atoms with E-state index in [0.29, 0.717) is 12.2 Å². The van der Waals surface area contributed by atoms with Gasteiger partial charge in [0.15, 0.2) is 0 Å². The molecular formula is C13H16N2ORb2. The fourth-order valence-corrected chi connectivity index (χ4v) is 1.80. The van der Waals surface area contributed by atoms with Crippen molar-refractivity contribution in [2.45, 2.75) is 20.8 Å². The van der Waals surface area contributed by atoms with Gasteiger partial charge in [0.2, 0.25) is 0 Å². The Morgan fingerprint density at radius 2 is 1.67 bits per heavy atom. The first kappa shape index (κ1) is 20.1. The molecule has 0 N–H and O–H groups in total. The van der Waals surface area contributed by atoms with Crippen LogP contribution >= 0.6 is 0 Å². The number of carbonyl (C=O) groups is 1. The first-order valence-corrected chi connectivity index (χ1v) is 5.50. The summed E-state index contributed by atoms with van der Waals surface area (Å²) in [5.41, 5.74) is 1.42. The predicted molar refractivity (Wildman–Crippen MR) is 65.3 cm³/mol. The molecular weight excluding hydrogens is 371 g/mol. The topological polar surface area (TPSA) is 45.3 Å². The van der Waals surface area contributed by atoms with Gasteiger partial charge in [-0.2, -0.15) is 5.69 Å². The van der Waals surface area contributed by atoms with Crippen LogP contribution in [0.3, 0.4) is 0 Å². The maximum atomic E-state index is 12.0. The molecule has 1 atom stereocenters. The predicted octanol–water partition coefficient (Wildman–Crippen LogP) is -2.09. The molecule has 3 nitrogen and oxygen atoms in total. The van der Waals surface area contributed by atoms with Gasteiger partial charge in [-0.05, 0) is 11.3 Å². The summed E-state index contributed by atoms with van der Waals surface area (Å²) in [6.45, 7) is 6.69. The normalized spacial score (nSPS) is 18.2. The Balaban J connectivity index is 0.00000144. The van der Waals surface area contributed by atoms with Crippen LogP contribution in [0.15, 0.2) is 24.3 Å². The Hall–Kier alpha value is 2.10. The summed E-state index contributed by atoms with van der Waals surface area (Å²) in [5.74, 6) is -0.180. The number of para-hydroxylation sites is 2. The summed E-state index contributed by atoms with van der Waals surface area (Å²) in [6.07, 6.45) is 0. The van der Waals surface area contributed by atoms with E-state index in [9.17, 15) is 4.79 Å². The van der Waals surface area contributed by atoms with Gasteiger partial charge in [-0.3, -0.25) is 0 Å². The van der Waals surface area contributed by atoms with Crippen molar-refractivity contribution in [2.24, 2.45) is 11.3 Å². The van der Waals surface area contributed by atoms with Crippen LogP contribution in [0.1, 0.15) is 20.8 Å². The summed E-state index contributed by atoms with van der Waals surface area (Å²) in [6, 6.07) is 7.53. The summed E-state index contributed by atoms with van der Waals surface area (Å²) in [5, 5.41) is 8.63. The molecule has 1 aromatic carbocycles. The van der Waals surface area contributed by atoms with Gasteiger partial charge in [0, 0.05) is 0 Å².